The molecule has 0 heterocycles. The number of hydrogen-bond donors (Lipinski definition) is 1. The molecule has 2 heteroatoms. The third-order valence-electron chi connectivity index (χ3n) is 0.527. The molecule has 0 saturated heterocycles. The Balaban J connectivity index is 2.78. The first-order valence-corrected chi connectivity index (χ1v) is 3.12. The van der Waals surface area contributed by atoms with Crippen molar-refractivity contribution in [1.82, 2.24) is 0 Å². The number of rotatable bonds is 2. The molecule has 0 saturated carbocycles. The Hall–Kier alpha value is 0.200. The maximum atomic E-state index is 5.05. The summed E-state index contributed by atoms with van der Waals surface area (Å²) in [4.78, 5) is 0. The monoisotopic (exact) mass is 134 g/mol. The van der Waals surface area contributed by atoms with Crippen molar-refractivity contribution in [2.75, 3.05) is 5.75 Å². The maximum Gasteiger partial charge on any atom is 0.0109 e. The highest BCUT2D eigenvalue weighted by Gasteiger charge is 1.73. The van der Waals surface area contributed by atoms with Crippen molar-refractivity contribution in [2.45, 2.75) is 12.8 Å². The minimum atomic E-state index is 0.868. The molecule has 40 valence electrons. The number of hydrogen-bond acceptors (Lipinski definition) is 1. The summed E-state index contributed by atoms with van der Waals surface area (Å²) in [5.74, 6) is 3.61. The van der Waals surface area contributed by atoms with E-state index in [1.54, 1.807) is 0 Å². The molecule has 0 nitrogen and oxygen atoms in total. The molecule has 0 aromatic rings. The Kier molecular flexibility index (Phi) is 6.38. The molecule has 0 aromatic heterocycles. The lowest BCUT2D eigenvalue weighted by molar-refractivity contribution is 1.00. The molecular weight excluding hydrogens is 128 g/mol. The lowest BCUT2D eigenvalue weighted by Gasteiger charge is -1.79. The molecule has 0 spiro atoms. The van der Waals surface area contributed by atoms with Crippen LogP contribution in [0.1, 0.15) is 12.8 Å². The van der Waals surface area contributed by atoms with Gasteiger partial charge in [0.1, 0.15) is 0 Å². The zero-order valence-corrected chi connectivity index (χ0v) is 5.60. The highest BCUT2D eigenvalue weighted by atomic mass is 35.5. The van der Waals surface area contributed by atoms with Crippen LogP contribution in [-0.2, 0) is 0 Å². The van der Waals surface area contributed by atoms with E-state index in [0.29, 0.717) is 0 Å². The van der Waals surface area contributed by atoms with Crippen LogP contribution in [0, 0.1) is 11.3 Å². The SMILES string of the molecule is SCCCC#CCl. The average Bonchev–Trinajstić information content (AvgIpc) is 1.69. The summed E-state index contributed by atoms with van der Waals surface area (Å²) in [5.41, 5.74) is 0. The summed E-state index contributed by atoms with van der Waals surface area (Å²) < 4.78 is 0. The minimum Gasteiger partial charge on any atom is -0.179 e. The zero-order chi connectivity index (χ0) is 5.54. The third-order valence-corrected chi connectivity index (χ3v) is 0.977. The first kappa shape index (κ1) is 7.20. The van der Waals surface area contributed by atoms with Crippen LogP contribution in [-0.4, -0.2) is 5.75 Å². The Bertz CT molecular complexity index is 79.8. The van der Waals surface area contributed by atoms with Gasteiger partial charge in [-0.15, -0.1) is 0 Å². The summed E-state index contributed by atoms with van der Waals surface area (Å²) in [5, 5.41) is 2.29. The number of unbranched alkanes of at least 4 members (excludes halogenated alkanes) is 1. The molecule has 0 rings (SSSR count). The van der Waals surface area contributed by atoms with E-state index < -0.39 is 0 Å². The molecule has 0 N–H and O–H groups in total. The van der Waals surface area contributed by atoms with Gasteiger partial charge in [-0.05, 0) is 23.8 Å². The Morgan fingerprint density at radius 3 is 2.71 bits per heavy atom. The molecule has 0 radical (unpaired) electrons. The Labute approximate surface area is 54.7 Å². The molecule has 0 aliphatic heterocycles. The van der Waals surface area contributed by atoms with Crippen LogP contribution in [0.4, 0.5) is 0 Å². The van der Waals surface area contributed by atoms with Gasteiger partial charge < -0.3 is 0 Å². The van der Waals surface area contributed by atoms with Crippen molar-refractivity contribution in [3.05, 3.63) is 0 Å². The maximum absolute atomic E-state index is 5.05. The smallest absolute Gasteiger partial charge is 0.0109 e. The highest BCUT2D eigenvalue weighted by Crippen LogP contribution is 1.87. The largest absolute Gasteiger partial charge is 0.179 e. The van der Waals surface area contributed by atoms with E-state index in [2.05, 4.69) is 23.9 Å². The van der Waals surface area contributed by atoms with Gasteiger partial charge in [0.15, 0.2) is 0 Å². The fraction of sp³-hybridized carbons (Fsp3) is 0.600. The van der Waals surface area contributed by atoms with Crippen LogP contribution in [0.15, 0.2) is 0 Å². The van der Waals surface area contributed by atoms with Crippen LogP contribution in [0.25, 0.3) is 0 Å². The van der Waals surface area contributed by atoms with E-state index >= 15 is 0 Å². The van der Waals surface area contributed by atoms with Crippen molar-refractivity contribution >= 4 is 24.2 Å². The molecule has 0 unspecified atom stereocenters. The summed E-state index contributed by atoms with van der Waals surface area (Å²) in [6.07, 6.45) is 1.90. The second kappa shape index (κ2) is 6.20. The predicted molar refractivity (Wildman–Crippen MR) is 36.7 cm³/mol. The Morgan fingerprint density at radius 2 is 2.29 bits per heavy atom. The normalized spacial score (nSPS) is 7.14. The molecule has 0 bridgehead atoms. The van der Waals surface area contributed by atoms with Crippen molar-refractivity contribution in [2.24, 2.45) is 0 Å². The van der Waals surface area contributed by atoms with Gasteiger partial charge in [-0.1, -0.05) is 5.92 Å². The van der Waals surface area contributed by atoms with E-state index in [-0.39, 0.29) is 0 Å². The lowest BCUT2D eigenvalue weighted by Crippen LogP contribution is -1.69. The molecule has 0 aliphatic rings. The van der Waals surface area contributed by atoms with Gasteiger partial charge in [0, 0.05) is 11.8 Å². The lowest BCUT2D eigenvalue weighted by atomic mass is 10.4. The second-order valence-corrected chi connectivity index (χ2v) is 1.73. The predicted octanol–water partition coefficient (Wildman–Crippen LogP) is 1.90. The van der Waals surface area contributed by atoms with Crippen LogP contribution in [0.3, 0.4) is 0 Å². The molecule has 0 aromatic carbocycles. The van der Waals surface area contributed by atoms with Gasteiger partial charge in [-0.25, -0.2) is 0 Å². The van der Waals surface area contributed by atoms with Crippen LogP contribution in [0.5, 0.6) is 0 Å². The molecule has 7 heavy (non-hydrogen) atoms. The molecule has 0 aliphatic carbocycles. The second-order valence-electron chi connectivity index (χ2n) is 1.10. The van der Waals surface area contributed by atoms with Crippen molar-refractivity contribution in [3.8, 4) is 11.3 Å². The highest BCUT2D eigenvalue weighted by molar-refractivity contribution is 7.80. The topological polar surface area (TPSA) is 0 Å². The molecule has 0 atom stereocenters. The van der Waals surface area contributed by atoms with Gasteiger partial charge in [0.25, 0.3) is 0 Å². The standard InChI is InChI=1S/C5H7ClS/c6-4-2-1-3-5-7/h7H,1,3,5H2. The third kappa shape index (κ3) is 6.20. The molecule has 0 amide bonds. The van der Waals surface area contributed by atoms with E-state index in [1.165, 1.54) is 0 Å². The molecular formula is C5H7ClS. The zero-order valence-electron chi connectivity index (χ0n) is 3.95. The quantitative estimate of drug-likeness (QED) is 0.333. The number of thiol groups is 1. The van der Waals surface area contributed by atoms with Crippen LogP contribution >= 0.6 is 24.2 Å². The van der Waals surface area contributed by atoms with Gasteiger partial charge in [0.05, 0.1) is 0 Å². The molecule has 0 fully saturated rings. The van der Waals surface area contributed by atoms with Gasteiger partial charge in [0.2, 0.25) is 0 Å². The first-order valence-electron chi connectivity index (χ1n) is 2.11. The van der Waals surface area contributed by atoms with Crippen molar-refractivity contribution < 1.29 is 0 Å². The van der Waals surface area contributed by atoms with E-state index in [9.17, 15) is 0 Å². The van der Waals surface area contributed by atoms with Crippen molar-refractivity contribution in [1.29, 1.82) is 0 Å². The van der Waals surface area contributed by atoms with Gasteiger partial charge >= 0.3 is 0 Å². The van der Waals surface area contributed by atoms with Gasteiger partial charge in [-0.3, -0.25) is 0 Å². The fourth-order valence-electron chi connectivity index (χ4n) is 0.215. The van der Waals surface area contributed by atoms with Crippen molar-refractivity contribution in [3.63, 3.8) is 0 Å². The fourth-order valence-corrected chi connectivity index (χ4v) is 0.467. The first-order chi connectivity index (χ1) is 3.41. The Morgan fingerprint density at radius 1 is 1.57 bits per heavy atom. The van der Waals surface area contributed by atoms with E-state index in [1.807, 2.05) is 0 Å². The van der Waals surface area contributed by atoms with Crippen LogP contribution in [0.2, 0.25) is 0 Å². The van der Waals surface area contributed by atoms with Gasteiger partial charge in [-0.2, -0.15) is 12.6 Å². The van der Waals surface area contributed by atoms with Crippen LogP contribution < -0.4 is 0 Å². The summed E-state index contributed by atoms with van der Waals surface area (Å²) >= 11 is 9.03. The summed E-state index contributed by atoms with van der Waals surface area (Å²) in [6, 6.07) is 0. The minimum absolute atomic E-state index is 0.868. The summed E-state index contributed by atoms with van der Waals surface area (Å²) in [7, 11) is 0. The number of halogens is 1. The summed E-state index contributed by atoms with van der Waals surface area (Å²) in [6.45, 7) is 0. The average molecular weight is 135 g/mol. The van der Waals surface area contributed by atoms with E-state index in [4.69, 9.17) is 11.6 Å². The van der Waals surface area contributed by atoms with E-state index in [0.717, 1.165) is 18.6 Å².